The first-order chi connectivity index (χ1) is 11.6. The number of hydrogen-bond acceptors (Lipinski definition) is 4. The zero-order chi connectivity index (χ0) is 17.1. The van der Waals surface area contributed by atoms with Gasteiger partial charge >= 0.3 is 5.97 Å². The van der Waals surface area contributed by atoms with Crippen molar-refractivity contribution in [1.29, 1.82) is 5.26 Å². The van der Waals surface area contributed by atoms with Crippen LogP contribution in [0.25, 0.3) is 0 Å². The molecule has 0 aliphatic heterocycles. The summed E-state index contributed by atoms with van der Waals surface area (Å²) in [5.74, 6) is -0.770. The highest BCUT2D eigenvalue weighted by Gasteiger charge is 2.22. The topological polar surface area (TPSA) is 67.2 Å². The van der Waals surface area contributed by atoms with Gasteiger partial charge in [0.05, 0.1) is 17.2 Å². The van der Waals surface area contributed by atoms with Gasteiger partial charge < -0.3 is 4.74 Å². The Bertz CT molecular complexity index is 831. The van der Waals surface area contributed by atoms with Gasteiger partial charge in [0, 0.05) is 5.56 Å². The Morgan fingerprint density at radius 2 is 1.71 bits per heavy atom. The minimum Gasteiger partial charge on any atom is -0.451 e. The van der Waals surface area contributed by atoms with Crippen LogP contribution in [0.4, 0.5) is 0 Å². The highest BCUT2D eigenvalue weighted by molar-refractivity contribution is 6.01. The number of esters is 1. The summed E-state index contributed by atoms with van der Waals surface area (Å²) in [6, 6.07) is 13.8. The third-order valence-corrected chi connectivity index (χ3v) is 4.29. The van der Waals surface area contributed by atoms with Gasteiger partial charge in [-0.25, -0.2) is 4.79 Å². The molecule has 24 heavy (non-hydrogen) atoms. The van der Waals surface area contributed by atoms with Gasteiger partial charge in [-0.15, -0.1) is 0 Å². The Kier molecular flexibility index (Phi) is 4.43. The lowest BCUT2D eigenvalue weighted by Gasteiger charge is -2.13. The maximum atomic E-state index is 12.5. The predicted octanol–water partition coefficient (Wildman–Crippen LogP) is 3.48. The Morgan fingerprint density at radius 1 is 1.04 bits per heavy atom. The summed E-state index contributed by atoms with van der Waals surface area (Å²) in [5, 5.41) is 8.77. The van der Waals surface area contributed by atoms with Crippen LogP contribution < -0.4 is 0 Å². The largest absolute Gasteiger partial charge is 0.451 e. The molecular formula is C20H17NO3. The van der Waals surface area contributed by atoms with Crippen molar-refractivity contribution in [2.45, 2.75) is 32.3 Å². The number of ether oxygens (including phenoxy) is 1. The summed E-state index contributed by atoms with van der Waals surface area (Å²) in [4.78, 5) is 24.6. The van der Waals surface area contributed by atoms with E-state index < -0.39 is 12.1 Å². The SMILES string of the molecule is C[C@@H](OC(=O)c1ccc(C#N)cc1)C(=O)c1ccc2c(c1)CCC2. The lowest BCUT2D eigenvalue weighted by atomic mass is 10.0. The Hall–Kier alpha value is -2.93. The lowest BCUT2D eigenvalue weighted by Crippen LogP contribution is -2.24. The second kappa shape index (κ2) is 6.67. The molecule has 0 aromatic heterocycles. The molecule has 0 heterocycles. The molecule has 4 heteroatoms. The average Bonchev–Trinajstić information content (AvgIpc) is 3.08. The molecule has 0 saturated heterocycles. The van der Waals surface area contributed by atoms with E-state index in [1.54, 1.807) is 25.1 Å². The molecule has 2 aromatic carbocycles. The van der Waals surface area contributed by atoms with Crippen molar-refractivity contribution in [3.8, 4) is 6.07 Å². The van der Waals surface area contributed by atoms with Crippen molar-refractivity contribution in [1.82, 2.24) is 0 Å². The first-order valence-electron chi connectivity index (χ1n) is 7.95. The molecular weight excluding hydrogens is 302 g/mol. The van der Waals surface area contributed by atoms with Crippen LogP contribution in [0.5, 0.6) is 0 Å². The molecule has 1 aliphatic carbocycles. The number of carbonyl (C=O) groups excluding carboxylic acids is 2. The highest BCUT2D eigenvalue weighted by atomic mass is 16.5. The van der Waals surface area contributed by atoms with Gasteiger partial charge in [-0.3, -0.25) is 4.79 Å². The highest BCUT2D eigenvalue weighted by Crippen LogP contribution is 2.23. The molecule has 0 unspecified atom stereocenters. The van der Waals surface area contributed by atoms with Crippen molar-refractivity contribution in [3.63, 3.8) is 0 Å². The normalized spacial score (nSPS) is 13.7. The second-order valence-electron chi connectivity index (χ2n) is 5.94. The van der Waals surface area contributed by atoms with Crippen LogP contribution in [0.1, 0.15) is 50.8 Å². The van der Waals surface area contributed by atoms with Crippen molar-refractivity contribution in [2.24, 2.45) is 0 Å². The number of aryl methyl sites for hydroxylation is 2. The number of nitrogens with zero attached hydrogens (tertiary/aromatic N) is 1. The van der Waals surface area contributed by atoms with E-state index >= 15 is 0 Å². The van der Waals surface area contributed by atoms with E-state index in [2.05, 4.69) is 0 Å². The fourth-order valence-electron chi connectivity index (χ4n) is 2.92. The number of Topliss-reactive ketones (excluding diaryl/α,β-unsaturated/α-hetero) is 1. The third-order valence-electron chi connectivity index (χ3n) is 4.29. The molecule has 0 spiro atoms. The molecule has 4 nitrogen and oxygen atoms in total. The van der Waals surface area contributed by atoms with Crippen LogP contribution in [-0.2, 0) is 17.6 Å². The van der Waals surface area contributed by atoms with Crippen molar-refractivity contribution >= 4 is 11.8 Å². The molecule has 120 valence electrons. The van der Waals surface area contributed by atoms with Gasteiger partial charge in [-0.1, -0.05) is 12.1 Å². The van der Waals surface area contributed by atoms with E-state index in [0.29, 0.717) is 16.7 Å². The second-order valence-corrected chi connectivity index (χ2v) is 5.94. The fraction of sp³-hybridized carbons (Fsp3) is 0.250. The third kappa shape index (κ3) is 3.21. The first-order valence-corrected chi connectivity index (χ1v) is 7.95. The summed E-state index contributed by atoms with van der Waals surface area (Å²) in [6.45, 7) is 1.58. The average molecular weight is 319 g/mol. The summed E-state index contributed by atoms with van der Waals surface area (Å²) in [5.41, 5.74) is 3.88. The molecule has 0 N–H and O–H groups in total. The zero-order valence-electron chi connectivity index (χ0n) is 13.4. The molecule has 1 atom stereocenters. The van der Waals surface area contributed by atoms with Crippen LogP contribution in [0.3, 0.4) is 0 Å². The number of fused-ring (bicyclic) bond motifs is 1. The minimum atomic E-state index is -0.854. The molecule has 0 radical (unpaired) electrons. The summed E-state index contributed by atoms with van der Waals surface area (Å²) >= 11 is 0. The Morgan fingerprint density at radius 3 is 2.42 bits per heavy atom. The first kappa shape index (κ1) is 15.9. The van der Waals surface area contributed by atoms with E-state index in [4.69, 9.17) is 10.00 Å². The van der Waals surface area contributed by atoms with E-state index in [-0.39, 0.29) is 5.78 Å². The van der Waals surface area contributed by atoms with Gasteiger partial charge in [0.1, 0.15) is 0 Å². The summed E-state index contributed by atoms with van der Waals surface area (Å²) < 4.78 is 5.27. The minimum absolute atomic E-state index is 0.202. The molecule has 0 bridgehead atoms. The number of ketones is 1. The fourth-order valence-corrected chi connectivity index (χ4v) is 2.92. The van der Waals surface area contributed by atoms with Crippen LogP contribution in [-0.4, -0.2) is 17.9 Å². The molecule has 0 amide bonds. The van der Waals surface area contributed by atoms with Crippen LogP contribution in [0, 0.1) is 11.3 Å². The number of nitriles is 1. The van der Waals surface area contributed by atoms with Gasteiger partial charge in [0.2, 0.25) is 5.78 Å². The number of hydrogen-bond donors (Lipinski definition) is 0. The summed E-state index contributed by atoms with van der Waals surface area (Å²) in [6.07, 6.45) is 2.33. The number of benzene rings is 2. The molecule has 3 rings (SSSR count). The van der Waals surface area contributed by atoms with Crippen LogP contribution in [0.15, 0.2) is 42.5 Å². The van der Waals surface area contributed by atoms with Gasteiger partial charge in [0.25, 0.3) is 0 Å². The van der Waals surface area contributed by atoms with Crippen molar-refractivity contribution < 1.29 is 14.3 Å². The molecule has 1 aliphatic rings. The predicted molar refractivity (Wildman–Crippen MR) is 88.8 cm³/mol. The number of rotatable bonds is 4. The van der Waals surface area contributed by atoms with Crippen LogP contribution in [0.2, 0.25) is 0 Å². The summed E-state index contributed by atoms with van der Waals surface area (Å²) in [7, 11) is 0. The van der Waals surface area contributed by atoms with Gasteiger partial charge in [-0.05, 0) is 67.6 Å². The van der Waals surface area contributed by atoms with Gasteiger partial charge in [-0.2, -0.15) is 5.26 Å². The van der Waals surface area contributed by atoms with E-state index in [1.807, 2.05) is 18.2 Å². The van der Waals surface area contributed by atoms with Crippen LogP contribution >= 0.6 is 0 Å². The van der Waals surface area contributed by atoms with E-state index in [0.717, 1.165) is 19.3 Å². The standard InChI is InChI=1S/C20H17NO3/c1-13(24-20(23)16-7-5-14(12-21)6-8-16)19(22)18-10-9-15-3-2-4-17(15)11-18/h5-11,13H,2-4H2,1H3/t13-/m1/s1. The maximum Gasteiger partial charge on any atom is 0.338 e. The smallest absolute Gasteiger partial charge is 0.338 e. The molecule has 2 aromatic rings. The maximum absolute atomic E-state index is 12.5. The zero-order valence-corrected chi connectivity index (χ0v) is 13.4. The van der Waals surface area contributed by atoms with E-state index in [9.17, 15) is 9.59 Å². The number of carbonyl (C=O) groups is 2. The monoisotopic (exact) mass is 319 g/mol. The van der Waals surface area contributed by atoms with Crippen molar-refractivity contribution in [3.05, 3.63) is 70.3 Å². The van der Waals surface area contributed by atoms with E-state index in [1.165, 1.54) is 23.3 Å². The molecule has 0 fully saturated rings. The molecule has 0 saturated carbocycles. The van der Waals surface area contributed by atoms with Gasteiger partial charge in [0.15, 0.2) is 6.10 Å². The quantitative estimate of drug-likeness (QED) is 0.639. The van der Waals surface area contributed by atoms with Crippen molar-refractivity contribution in [2.75, 3.05) is 0 Å². The lowest BCUT2D eigenvalue weighted by molar-refractivity contribution is 0.0319. The Labute approximate surface area is 140 Å². The Balaban J connectivity index is 1.69.